The third-order valence-electron chi connectivity index (χ3n) is 4.06. The van der Waals surface area contributed by atoms with Crippen molar-refractivity contribution in [3.8, 4) is 0 Å². The van der Waals surface area contributed by atoms with Crippen LogP contribution in [0.15, 0.2) is 18.2 Å². The van der Waals surface area contributed by atoms with E-state index in [9.17, 15) is 24.3 Å². The molecule has 0 radical (unpaired) electrons. The second-order valence-corrected chi connectivity index (χ2v) is 5.70. The van der Waals surface area contributed by atoms with E-state index in [-0.39, 0.29) is 18.0 Å². The number of hydrogen-bond acceptors (Lipinski definition) is 5. The normalized spacial score (nSPS) is 26.2. The average Bonchev–Trinajstić information content (AvgIpc) is 2.84. The zero-order valence-electron chi connectivity index (χ0n) is 12.6. The van der Waals surface area contributed by atoms with Gasteiger partial charge in [-0.25, -0.2) is 4.39 Å². The second kappa shape index (κ2) is 5.38. The molecule has 2 atom stereocenters. The first-order valence-electron chi connectivity index (χ1n) is 7.18. The quantitative estimate of drug-likeness (QED) is 0.506. The number of rotatable bonds is 2. The molecular formula is C15H14FN3O5. The lowest BCUT2D eigenvalue weighted by atomic mass is 9.99. The summed E-state index contributed by atoms with van der Waals surface area (Å²) in [6.45, 7) is 1.02. The van der Waals surface area contributed by atoms with Crippen LogP contribution in [0, 0.1) is 0 Å². The smallest absolute Gasteiger partial charge is 0.285 e. The maximum absolute atomic E-state index is 15.2. The van der Waals surface area contributed by atoms with Crippen molar-refractivity contribution in [2.24, 2.45) is 0 Å². The zero-order valence-corrected chi connectivity index (χ0v) is 12.6. The summed E-state index contributed by atoms with van der Waals surface area (Å²) in [5.41, 5.74) is 0.860. The topological polar surface area (TPSA) is 116 Å². The standard InChI is InChI=1S/C15H14FN3O5/c1-7(20)17-10-4-2-3-8-9(10)6-19(13(8)23)15(16)5-11(21)12(22)18-14(15)24/h2-4,11,21H,5-6H2,1H3,(H,17,20)(H,18,22,24). The summed E-state index contributed by atoms with van der Waals surface area (Å²) in [5, 5.41) is 13.8. The predicted octanol–water partition coefficient (Wildman–Crippen LogP) is -0.326. The van der Waals surface area contributed by atoms with Gasteiger partial charge in [0.1, 0.15) is 6.10 Å². The average molecular weight is 335 g/mol. The summed E-state index contributed by atoms with van der Waals surface area (Å²) in [6.07, 6.45) is -2.58. The van der Waals surface area contributed by atoms with Crippen LogP contribution in [0.2, 0.25) is 0 Å². The van der Waals surface area contributed by atoms with Gasteiger partial charge in [0.15, 0.2) is 0 Å². The van der Waals surface area contributed by atoms with Crippen molar-refractivity contribution in [1.82, 2.24) is 10.2 Å². The van der Waals surface area contributed by atoms with Crippen molar-refractivity contribution in [2.75, 3.05) is 5.32 Å². The fraction of sp³-hybridized carbons (Fsp3) is 0.333. The molecule has 0 bridgehead atoms. The Labute approximate surface area is 135 Å². The number of piperidine rings is 1. The molecule has 2 unspecified atom stereocenters. The fourth-order valence-corrected chi connectivity index (χ4v) is 2.89. The zero-order chi connectivity index (χ0) is 17.6. The van der Waals surface area contributed by atoms with Crippen LogP contribution >= 0.6 is 0 Å². The summed E-state index contributed by atoms with van der Waals surface area (Å²) < 4.78 is 15.2. The number of fused-ring (bicyclic) bond motifs is 1. The highest BCUT2D eigenvalue weighted by molar-refractivity contribution is 6.08. The number of halogens is 1. The molecule has 126 valence electrons. The van der Waals surface area contributed by atoms with Gasteiger partial charge in [0.05, 0.1) is 6.54 Å². The summed E-state index contributed by atoms with van der Waals surface area (Å²) >= 11 is 0. The first-order valence-corrected chi connectivity index (χ1v) is 7.18. The number of carbonyl (C=O) groups excluding carboxylic acids is 4. The Morgan fingerprint density at radius 3 is 2.79 bits per heavy atom. The van der Waals surface area contributed by atoms with Gasteiger partial charge in [-0.05, 0) is 12.1 Å². The summed E-state index contributed by atoms with van der Waals surface area (Å²) in [4.78, 5) is 47.6. The van der Waals surface area contributed by atoms with Gasteiger partial charge >= 0.3 is 0 Å². The summed E-state index contributed by atoms with van der Waals surface area (Å²) in [7, 11) is 0. The monoisotopic (exact) mass is 335 g/mol. The third-order valence-corrected chi connectivity index (χ3v) is 4.06. The van der Waals surface area contributed by atoms with Gasteiger partial charge in [0.25, 0.3) is 23.5 Å². The SMILES string of the molecule is CC(=O)Nc1cccc2c1CN(C1(F)CC(O)C(=O)NC1=O)C2=O. The number of nitrogens with zero attached hydrogens (tertiary/aromatic N) is 1. The maximum Gasteiger partial charge on any atom is 0.285 e. The second-order valence-electron chi connectivity index (χ2n) is 5.70. The van der Waals surface area contributed by atoms with Gasteiger partial charge < -0.3 is 10.4 Å². The molecule has 9 heteroatoms. The van der Waals surface area contributed by atoms with Crippen molar-refractivity contribution >= 4 is 29.3 Å². The lowest BCUT2D eigenvalue weighted by Gasteiger charge is -2.37. The molecule has 3 rings (SSSR count). The molecule has 1 fully saturated rings. The Balaban J connectivity index is 1.97. The van der Waals surface area contributed by atoms with Crippen LogP contribution in [0.5, 0.6) is 0 Å². The molecule has 4 amide bonds. The van der Waals surface area contributed by atoms with E-state index in [0.717, 1.165) is 0 Å². The van der Waals surface area contributed by atoms with Crippen molar-refractivity contribution in [3.63, 3.8) is 0 Å². The molecule has 0 spiro atoms. The molecule has 1 saturated heterocycles. The van der Waals surface area contributed by atoms with E-state index < -0.39 is 36.0 Å². The molecular weight excluding hydrogens is 321 g/mol. The molecule has 0 aliphatic carbocycles. The van der Waals surface area contributed by atoms with Crippen LogP contribution in [0.4, 0.5) is 10.1 Å². The minimum absolute atomic E-state index is 0.150. The van der Waals surface area contributed by atoms with Crippen LogP contribution in [-0.2, 0) is 20.9 Å². The number of aliphatic hydroxyl groups is 1. The molecule has 1 aromatic carbocycles. The summed E-state index contributed by atoms with van der Waals surface area (Å²) in [6, 6.07) is 4.53. The Bertz CT molecular complexity index is 780. The number of alkyl halides is 1. The number of benzene rings is 1. The number of anilines is 1. The van der Waals surface area contributed by atoms with Crippen LogP contribution in [0.1, 0.15) is 29.3 Å². The Kier molecular flexibility index (Phi) is 3.60. The largest absolute Gasteiger partial charge is 0.383 e. The van der Waals surface area contributed by atoms with Gasteiger partial charge in [0, 0.05) is 30.2 Å². The van der Waals surface area contributed by atoms with Crippen molar-refractivity contribution in [2.45, 2.75) is 31.8 Å². The highest BCUT2D eigenvalue weighted by Crippen LogP contribution is 2.37. The number of carbonyl (C=O) groups is 4. The van der Waals surface area contributed by atoms with Crippen LogP contribution in [0.25, 0.3) is 0 Å². The number of imide groups is 1. The number of nitrogens with one attached hydrogen (secondary N) is 2. The lowest BCUT2D eigenvalue weighted by molar-refractivity contribution is -0.163. The number of amides is 4. The Morgan fingerprint density at radius 2 is 2.12 bits per heavy atom. The van der Waals surface area contributed by atoms with E-state index in [1.807, 2.05) is 0 Å². The highest BCUT2D eigenvalue weighted by Gasteiger charge is 2.55. The van der Waals surface area contributed by atoms with Gasteiger partial charge in [-0.1, -0.05) is 6.07 Å². The minimum atomic E-state index is -2.85. The molecule has 2 heterocycles. The van der Waals surface area contributed by atoms with Crippen LogP contribution in [0.3, 0.4) is 0 Å². The Hall–Kier alpha value is -2.81. The molecule has 0 saturated carbocycles. The molecule has 0 aromatic heterocycles. The van der Waals surface area contributed by atoms with Crippen molar-refractivity contribution in [1.29, 1.82) is 0 Å². The molecule has 1 aromatic rings. The first-order chi connectivity index (χ1) is 11.2. The molecule has 2 aliphatic rings. The van der Waals surface area contributed by atoms with Gasteiger partial charge in [-0.3, -0.25) is 29.4 Å². The predicted molar refractivity (Wildman–Crippen MR) is 78.2 cm³/mol. The van der Waals surface area contributed by atoms with Crippen LogP contribution in [-0.4, -0.2) is 45.5 Å². The van der Waals surface area contributed by atoms with Gasteiger partial charge in [-0.15, -0.1) is 0 Å². The first kappa shape index (κ1) is 16.1. The van der Waals surface area contributed by atoms with Gasteiger partial charge in [0.2, 0.25) is 5.91 Å². The molecule has 2 aliphatic heterocycles. The third kappa shape index (κ3) is 2.33. The maximum atomic E-state index is 15.2. The minimum Gasteiger partial charge on any atom is -0.383 e. The van der Waals surface area contributed by atoms with E-state index >= 15 is 4.39 Å². The molecule has 24 heavy (non-hydrogen) atoms. The van der Waals surface area contributed by atoms with Crippen LogP contribution < -0.4 is 10.6 Å². The fourth-order valence-electron chi connectivity index (χ4n) is 2.89. The Morgan fingerprint density at radius 1 is 1.42 bits per heavy atom. The molecule has 3 N–H and O–H groups in total. The number of aliphatic hydroxyl groups excluding tert-OH is 1. The van der Waals surface area contributed by atoms with E-state index in [1.165, 1.54) is 19.1 Å². The van der Waals surface area contributed by atoms with E-state index in [1.54, 1.807) is 11.4 Å². The van der Waals surface area contributed by atoms with Gasteiger partial charge in [-0.2, -0.15) is 0 Å². The number of hydrogen-bond donors (Lipinski definition) is 3. The van der Waals surface area contributed by atoms with E-state index in [0.29, 0.717) is 16.2 Å². The van der Waals surface area contributed by atoms with E-state index in [2.05, 4.69) is 5.32 Å². The lowest BCUT2D eigenvalue weighted by Crippen LogP contribution is -2.64. The molecule has 8 nitrogen and oxygen atoms in total. The highest BCUT2D eigenvalue weighted by atomic mass is 19.1. The van der Waals surface area contributed by atoms with Crippen molar-refractivity contribution < 1.29 is 28.7 Å². The van der Waals surface area contributed by atoms with E-state index in [4.69, 9.17) is 0 Å². The summed E-state index contributed by atoms with van der Waals surface area (Å²) in [5.74, 6) is -6.26. The van der Waals surface area contributed by atoms with Crippen molar-refractivity contribution in [3.05, 3.63) is 29.3 Å².